The van der Waals surface area contributed by atoms with Crippen LogP contribution in [-0.2, 0) is 35.2 Å². The maximum atomic E-state index is 13.7. The van der Waals surface area contributed by atoms with Crippen LogP contribution < -0.4 is 16.0 Å². The van der Waals surface area contributed by atoms with Crippen LogP contribution in [0.1, 0.15) is 62.2 Å². The van der Waals surface area contributed by atoms with E-state index in [0.29, 0.717) is 18.4 Å². The second-order valence-electron chi connectivity index (χ2n) is 11.7. The molecule has 2 aromatic rings. The van der Waals surface area contributed by atoms with Gasteiger partial charge in [-0.3, -0.25) is 9.59 Å². The van der Waals surface area contributed by atoms with Gasteiger partial charge < -0.3 is 35.3 Å². The minimum absolute atomic E-state index is 0.0159. The SMILES string of the molecule is C=CCC(CC(=O)NC1(CO)CCCC1)C(=O)NC(COC)C(OC(=O)C(CC=C)NC(=O)OCc1ccccc1)c1ccccc1. The van der Waals surface area contributed by atoms with Crippen molar-refractivity contribution in [3.8, 4) is 0 Å². The molecule has 4 N–H and O–H groups in total. The summed E-state index contributed by atoms with van der Waals surface area (Å²) in [5.41, 5.74) is 0.698. The molecule has 0 saturated heterocycles. The lowest BCUT2D eigenvalue weighted by atomic mass is 9.95. The number of hydrogen-bond acceptors (Lipinski definition) is 8. The lowest BCUT2D eigenvalue weighted by Gasteiger charge is -2.31. The molecule has 3 amide bonds. The van der Waals surface area contributed by atoms with Crippen molar-refractivity contribution in [2.45, 2.75) is 75.3 Å². The lowest BCUT2D eigenvalue weighted by Crippen LogP contribution is -2.51. The van der Waals surface area contributed by atoms with Gasteiger partial charge in [0.25, 0.3) is 0 Å². The summed E-state index contributed by atoms with van der Waals surface area (Å²) in [4.78, 5) is 52.9. The molecule has 1 aliphatic carbocycles. The molecule has 4 atom stereocenters. The van der Waals surface area contributed by atoms with E-state index in [4.69, 9.17) is 14.2 Å². The third-order valence-corrected chi connectivity index (χ3v) is 8.12. The average molecular weight is 650 g/mol. The van der Waals surface area contributed by atoms with Gasteiger partial charge in [0.1, 0.15) is 18.8 Å². The van der Waals surface area contributed by atoms with Crippen LogP contribution in [0, 0.1) is 5.92 Å². The van der Waals surface area contributed by atoms with Crippen molar-refractivity contribution in [3.05, 3.63) is 97.1 Å². The van der Waals surface area contributed by atoms with E-state index in [1.54, 1.807) is 36.4 Å². The summed E-state index contributed by atoms with van der Waals surface area (Å²) in [6, 6.07) is 16.0. The molecule has 11 nitrogen and oxygen atoms in total. The van der Waals surface area contributed by atoms with Crippen LogP contribution in [0.5, 0.6) is 0 Å². The average Bonchev–Trinajstić information content (AvgIpc) is 3.55. The highest BCUT2D eigenvalue weighted by atomic mass is 16.6. The van der Waals surface area contributed by atoms with E-state index in [-0.39, 0.29) is 45.0 Å². The van der Waals surface area contributed by atoms with Gasteiger partial charge in [-0.25, -0.2) is 9.59 Å². The summed E-state index contributed by atoms with van der Waals surface area (Å²) in [5, 5.41) is 18.4. The highest BCUT2D eigenvalue weighted by molar-refractivity contribution is 5.86. The fourth-order valence-corrected chi connectivity index (χ4v) is 5.63. The van der Waals surface area contributed by atoms with Crippen molar-refractivity contribution in [1.82, 2.24) is 16.0 Å². The molecule has 0 heterocycles. The van der Waals surface area contributed by atoms with Crippen LogP contribution in [0.25, 0.3) is 0 Å². The summed E-state index contributed by atoms with van der Waals surface area (Å²) in [7, 11) is 1.46. The number of rotatable bonds is 19. The summed E-state index contributed by atoms with van der Waals surface area (Å²) >= 11 is 0. The van der Waals surface area contributed by atoms with E-state index >= 15 is 0 Å². The van der Waals surface area contributed by atoms with Crippen LogP contribution in [0.4, 0.5) is 4.79 Å². The fraction of sp³-hybridized carbons (Fsp3) is 0.444. The monoisotopic (exact) mass is 649 g/mol. The summed E-state index contributed by atoms with van der Waals surface area (Å²) in [6.45, 7) is 7.27. The van der Waals surface area contributed by atoms with Crippen molar-refractivity contribution in [1.29, 1.82) is 0 Å². The maximum Gasteiger partial charge on any atom is 0.408 e. The third kappa shape index (κ3) is 11.7. The minimum Gasteiger partial charge on any atom is -0.454 e. The molecule has 47 heavy (non-hydrogen) atoms. The summed E-state index contributed by atoms with van der Waals surface area (Å²) in [6.07, 6.45) is 4.57. The summed E-state index contributed by atoms with van der Waals surface area (Å²) < 4.78 is 16.7. The molecule has 3 rings (SSSR count). The van der Waals surface area contributed by atoms with Crippen LogP contribution in [0.15, 0.2) is 86.0 Å². The molecule has 0 radical (unpaired) electrons. The first-order valence-corrected chi connectivity index (χ1v) is 15.9. The van der Waals surface area contributed by atoms with Crippen molar-refractivity contribution in [3.63, 3.8) is 0 Å². The molecule has 0 aliphatic heterocycles. The van der Waals surface area contributed by atoms with E-state index in [1.165, 1.54) is 13.2 Å². The third-order valence-electron chi connectivity index (χ3n) is 8.12. The molecule has 0 aromatic heterocycles. The molecule has 11 heteroatoms. The highest BCUT2D eigenvalue weighted by Crippen LogP contribution is 2.30. The van der Waals surface area contributed by atoms with Gasteiger partial charge in [0.05, 0.1) is 30.7 Å². The number of aliphatic hydroxyl groups excluding tert-OH is 1. The van der Waals surface area contributed by atoms with Gasteiger partial charge in [-0.05, 0) is 36.8 Å². The summed E-state index contributed by atoms with van der Waals surface area (Å²) in [5.74, 6) is -2.33. The van der Waals surface area contributed by atoms with Crippen molar-refractivity contribution >= 4 is 23.9 Å². The molecule has 254 valence electrons. The first-order valence-electron chi connectivity index (χ1n) is 15.9. The van der Waals surface area contributed by atoms with E-state index < -0.39 is 47.6 Å². The standard InChI is InChI=1S/C36H47N3O8/c1-4-14-28(22-31(41)39-36(25-40)20-12-13-21-36)33(42)37-30(24-45-3)32(27-18-10-7-11-19-27)47-34(43)29(15-5-2)38-35(44)46-23-26-16-8-6-9-17-26/h4-11,16-19,28-30,32,40H,1-2,12-15,20-25H2,3H3,(H,37,42)(H,38,44)(H,39,41). The Hall–Kier alpha value is -4.48. The largest absolute Gasteiger partial charge is 0.454 e. The van der Waals surface area contributed by atoms with Gasteiger partial charge in [-0.1, -0.05) is 85.7 Å². The van der Waals surface area contributed by atoms with Gasteiger partial charge in [-0.2, -0.15) is 0 Å². The first kappa shape index (κ1) is 37.0. The van der Waals surface area contributed by atoms with Crippen molar-refractivity contribution in [2.24, 2.45) is 5.92 Å². The number of aliphatic hydroxyl groups is 1. The predicted octanol–water partition coefficient (Wildman–Crippen LogP) is 4.28. The van der Waals surface area contributed by atoms with Crippen LogP contribution in [0.3, 0.4) is 0 Å². The number of allylic oxidation sites excluding steroid dienone is 1. The number of methoxy groups -OCH3 is 1. The second-order valence-corrected chi connectivity index (χ2v) is 11.7. The Bertz CT molecular complexity index is 1310. The Morgan fingerprint density at radius 1 is 0.936 bits per heavy atom. The molecule has 2 aromatic carbocycles. The molecular formula is C36H47N3O8. The zero-order chi connectivity index (χ0) is 34.1. The van der Waals surface area contributed by atoms with Gasteiger partial charge in [0.15, 0.2) is 0 Å². The van der Waals surface area contributed by atoms with Crippen LogP contribution in [0.2, 0.25) is 0 Å². The highest BCUT2D eigenvalue weighted by Gasteiger charge is 2.37. The molecule has 4 unspecified atom stereocenters. The van der Waals surface area contributed by atoms with Gasteiger partial charge in [-0.15, -0.1) is 13.2 Å². The molecule has 1 saturated carbocycles. The van der Waals surface area contributed by atoms with Crippen molar-refractivity contribution in [2.75, 3.05) is 20.3 Å². The smallest absolute Gasteiger partial charge is 0.408 e. The van der Waals surface area contributed by atoms with E-state index in [2.05, 4.69) is 29.1 Å². The number of benzene rings is 2. The van der Waals surface area contributed by atoms with Gasteiger partial charge in [0.2, 0.25) is 11.8 Å². The molecule has 0 bridgehead atoms. The molecule has 1 aliphatic rings. The Balaban J connectivity index is 1.75. The predicted molar refractivity (Wildman–Crippen MR) is 177 cm³/mol. The number of carbonyl (C=O) groups excluding carboxylic acids is 4. The number of ether oxygens (including phenoxy) is 3. The number of nitrogens with one attached hydrogen (secondary N) is 3. The lowest BCUT2D eigenvalue weighted by molar-refractivity contribution is -0.155. The Morgan fingerprint density at radius 2 is 1.57 bits per heavy atom. The topological polar surface area (TPSA) is 152 Å². The Kier molecular flexibility index (Phi) is 15.1. The minimum atomic E-state index is -1.12. The van der Waals surface area contributed by atoms with Gasteiger partial charge in [0, 0.05) is 13.5 Å². The normalized spacial score (nSPS) is 16.0. The quantitative estimate of drug-likeness (QED) is 0.130. The number of amides is 3. The Morgan fingerprint density at radius 3 is 2.17 bits per heavy atom. The number of carbonyl (C=O) groups is 4. The van der Waals surface area contributed by atoms with Crippen LogP contribution >= 0.6 is 0 Å². The number of hydrogen-bond donors (Lipinski definition) is 4. The van der Waals surface area contributed by atoms with Gasteiger partial charge >= 0.3 is 12.1 Å². The number of esters is 1. The Labute approximate surface area is 276 Å². The molecule has 1 fully saturated rings. The van der Waals surface area contributed by atoms with E-state index in [9.17, 15) is 24.3 Å². The molecule has 0 spiro atoms. The zero-order valence-corrected chi connectivity index (χ0v) is 27.0. The zero-order valence-electron chi connectivity index (χ0n) is 27.0. The molecular weight excluding hydrogens is 602 g/mol. The first-order chi connectivity index (χ1) is 22.7. The maximum absolute atomic E-state index is 13.7. The second kappa shape index (κ2) is 19.2. The van der Waals surface area contributed by atoms with Crippen molar-refractivity contribution < 1.29 is 38.5 Å². The number of alkyl carbamates (subject to hydrolysis) is 1. The fourth-order valence-electron chi connectivity index (χ4n) is 5.63. The van der Waals surface area contributed by atoms with Crippen LogP contribution in [-0.4, -0.2) is 66.9 Å². The van der Waals surface area contributed by atoms with E-state index in [0.717, 1.165) is 18.4 Å². The van der Waals surface area contributed by atoms with E-state index in [1.807, 2.05) is 30.3 Å².